The van der Waals surface area contributed by atoms with Crippen LogP contribution in [0.1, 0.15) is 95.6 Å². The summed E-state index contributed by atoms with van der Waals surface area (Å²) in [6, 6.07) is 5.60. The molecule has 4 rings (SSSR count). The van der Waals surface area contributed by atoms with E-state index < -0.39 is 10.0 Å². The fraction of sp³-hybridized carbons (Fsp3) is 0.760. The van der Waals surface area contributed by atoms with Gasteiger partial charge in [-0.2, -0.15) is 0 Å². The second-order valence-electron chi connectivity index (χ2n) is 10.9. The van der Waals surface area contributed by atoms with Crippen LogP contribution in [-0.2, 0) is 16.4 Å². The number of nitrogens with two attached hydrogens (primary N) is 1. The maximum atomic E-state index is 11.9. The SMILES string of the molecule is CCCCCC[C@H]1C[C@@]2(C)C(CC[C@@H]2O)[C@]2(C)CCc3cc(S(N)(=O)=O)ccc3C12. The van der Waals surface area contributed by atoms with Gasteiger partial charge in [0.05, 0.1) is 11.0 Å². The molecule has 0 saturated heterocycles. The maximum Gasteiger partial charge on any atom is 0.238 e. The van der Waals surface area contributed by atoms with Crippen LogP contribution in [0.25, 0.3) is 0 Å². The van der Waals surface area contributed by atoms with Gasteiger partial charge in [0.25, 0.3) is 0 Å². The van der Waals surface area contributed by atoms with Gasteiger partial charge >= 0.3 is 0 Å². The maximum absolute atomic E-state index is 11.9. The molecule has 0 radical (unpaired) electrons. The molecule has 2 unspecified atom stereocenters. The molecule has 0 aliphatic heterocycles. The van der Waals surface area contributed by atoms with Crippen molar-refractivity contribution < 1.29 is 13.5 Å². The molecule has 0 aromatic heterocycles. The average Bonchev–Trinajstić information content (AvgIpc) is 2.99. The van der Waals surface area contributed by atoms with Gasteiger partial charge in [0.1, 0.15) is 0 Å². The Morgan fingerprint density at radius 1 is 1.13 bits per heavy atom. The highest BCUT2D eigenvalue weighted by molar-refractivity contribution is 7.89. The van der Waals surface area contributed by atoms with Crippen LogP contribution in [-0.4, -0.2) is 19.6 Å². The van der Waals surface area contributed by atoms with E-state index in [1.54, 1.807) is 6.07 Å². The number of sulfonamides is 1. The second kappa shape index (κ2) is 7.90. The third-order valence-electron chi connectivity index (χ3n) is 9.11. The van der Waals surface area contributed by atoms with Crippen molar-refractivity contribution in [2.24, 2.45) is 27.8 Å². The van der Waals surface area contributed by atoms with Crippen molar-refractivity contribution in [1.82, 2.24) is 0 Å². The Bertz CT molecular complexity index is 898. The summed E-state index contributed by atoms with van der Waals surface area (Å²) < 4.78 is 23.8. The summed E-state index contributed by atoms with van der Waals surface area (Å²) in [5.74, 6) is 1.52. The highest BCUT2D eigenvalue weighted by atomic mass is 32.2. The normalized spacial score (nSPS) is 38.0. The number of benzene rings is 1. The number of hydrogen-bond acceptors (Lipinski definition) is 3. The zero-order valence-electron chi connectivity index (χ0n) is 18.9. The van der Waals surface area contributed by atoms with Crippen LogP contribution in [0.5, 0.6) is 0 Å². The lowest BCUT2D eigenvalue weighted by atomic mass is 9.44. The summed E-state index contributed by atoms with van der Waals surface area (Å²) in [5.41, 5.74) is 2.69. The van der Waals surface area contributed by atoms with Crippen molar-refractivity contribution in [2.75, 3.05) is 0 Å². The number of aryl methyl sites for hydroxylation is 1. The summed E-state index contributed by atoms with van der Waals surface area (Å²) in [6.07, 6.45) is 11.1. The Balaban J connectivity index is 1.74. The number of aliphatic hydroxyl groups is 1. The molecule has 3 aliphatic carbocycles. The number of fused-ring (bicyclic) bond motifs is 5. The lowest BCUT2D eigenvalue weighted by molar-refractivity contribution is -0.0948. The molecule has 4 nitrogen and oxygen atoms in total. The first-order valence-corrected chi connectivity index (χ1v) is 13.5. The van der Waals surface area contributed by atoms with Crippen molar-refractivity contribution in [3.8, 4) is 0 Å². The van der Waals surface area contributed by atoms with E-state index in [9.17, 15) is 13.5 Å². The monoisotopic (exact) mass is 433 g/mol. The van der Waals surface area contributed by atoms with Gasteiger partial charge in [-0.3, -0.25) is 0 Å². The van der Waals surface area contributed by atoms with Gasteiger partial charge in [0.15, 0.2) is 0 Å². The number of aliphatic hydroxyl groups excluding tert-OH is 1. The van der Waals surface area contributed by atoms with Gasteiger partial charge in [-0.1, -0.05) is 52.5 Å². The molecule has 168 valence electrons. The van der Waals surface area contributed by atoms with Crippen molar-refractivity contribution in [3.63, 3.8) is 0 Å². The van der Waals surface area contributed by atoms with E-state index in [1.807, 2.05) is 6.07 Å². The van der Waals surface area contributed by atoms with Crippen LogP contribution in [0, 0.1) is 22.7 Å². The largest absolute Gasteiger partial charge is 0.393 e. The molecule has 2 fully saturated rings. The van der Waals surface area contributed by atoms with Crippen molar-refractivity contribution in [2.45, 2.75) is 102 Å². The van der Waals surface area contributed by atoms with Crippen LogP contribution in [0.15, 0.2) is 23.1 Å². The predicted octanol–water partition coefficient (Wildman–Crippen LogP) is 5.14. The molecule has 0 spiro atoms. The van der Waals surface area contributed by atoms with E-state index in [4.69, 9.17) is 5.14 Å². The van der Waals surface area contributed by atoms with Gasteiger partial charge < -0.3 is 5.11 Å². The molecule has 3 N–H and O–H groups in total. The highest BCUT2D eigenvalue weighted by Crippen LogP contribution is 2.69. The summed E-state index contributed by atoms with van der Waals surface area (Å²) in [6.45, 7) is 7.06. The van der Waals surface area contributed by atoms with Gasteiger partial charge in [0.2, 0.25) is 10.0 Å². The van der Waals surface area contributed by atoms with E-state index in [2.05, 4.69) is 26.8 Å². The number of primary sulfonamides is 1. The average molecular weight is 434 g/mol. The minimum Gasteiger partial charge on any atom is -0.393 e. The highest BCUT2D eigenvalue weighted by Gasteiger charge is 2.62. The Labute approximate surface area is 182 Å². The van der Waals surface area contributed by atoms with E-state index in [-0.39, 0.29) is 21.8 Å². The molecular weight excluding hydrogens is 394 g/mol. The molecule has 6 atom stereocenters. The second-order valence-corrected chi connectivity index (χ2v) is 12.4. The molecule has 3 aliphatic rings. The molecule has 1 aromatic rings. The van der Waals surface area contributed by atoms with Crippen LogP contribution < -0.4 is 5.14 Å². The number of unbranched alkanes of at least 4 members (excludes halogenated alkanes) is 3. The van der Waals surface area contributed by atoms with E-state index in [0.717, 1.165) is 32.1 Å². The Hall–Kier alpha value is -0.910. The van der Waals surface area contributed by atoms with Gasteiger partial charge in [-0.25, -0.2) is 13.6 Å². The Morgan fingerprint density at radius 2 is 1.90 bits per heavy atom. The zero-order chi connectivity index (χ0) is 21.7. The molecule has 0 amide bonds. The lowest BCUT2D eigenvalue weighted by Crippen LogP contribution is -2.53. The smallest absolute Gasteiger partial charge is 0.238 e. The van der Waals surface area contributed by atoms with Gasteiger partial charge in [-0.15, -0.1) is 0 Å². The molecule has 5 heteroatoms. The fourth-order valence-electron chi connectivity index (χ4n) is 7.74. The minimum absolute atomic E-state index is 0.0126. The molecule has 2 saturated carbocycles. The minimum atomic E-state index is -3.68. The summed E-state index contributed by atoms with van der Waals surface area (Å²) >= 11 is 0. The first kappa shape index (κ1) is 22.3. The van der Waals surface area contributed by atoms with E-state index >= 15 is 0 Å². The fourth-order valence-corrected chi connectivity index (χ4v) is 8.30. The van der Waals surface area contributed by atoms with Crippen molar-refractivity contribution in [1.29, 1.82) is 0 Å². The van der Waals surface area contributed by atoms with Gasteiger partial charge in [0, 0.05) is 0 Å². The molecule has 30 heavy (non-hydrogen) atoms. The molecule has 0 bridgehead atoms. The summed E-state index contributed by atoms with van der Waals surface area (Å²) in [4.78, 5) is 0.237. The van der Waals surface area contributed by atoms with Crippen molar-refractivity contribution in [3.05, 3.63) is 29.3 Å². The Morgan fingerprint density at radius 3 is 2.60 bits per heavy atom. The van der Waals surface area contributed by atoms with Crippen LogP contribution in [0.2, 0.25) is 0 Å². The van der Waals surface area contributed by atoms with Crippen molar-refractivity contribution >= 4 is 10.0 Å². The van der Waals surface area contributed by atoms with E-state index in [1.165, 1.54) is 43.2 Å². The lowest BCUT2D eigenvalue weighted by Gasteiger charge is -2.60. The van der Waals surface area contributed by atoms with E-state index in [0.29, 0.717) is 17.8 Å². The quantitative estimate of drug-likeness (QED) is 0.610. The summed E-state index contributed by atoms with van der Waals surface area (Å²) in [7, 11) is -3.68. The zero-order valence-corrected chi connectivity index (χ0v) is 19.7. The molecule has 0 heterocycles. The Kier molecular flexibility index (Phi) is 5.87. The van der Waals surface area contributed by atoms with Gasteiger partial charge in [-0.05, 0) is 90.4 Å². The summed E-state index contributed by atoms with van der Waals surface area (Å²) in [5, 5.41) is 16.4. The predicted molar refractivity (Wildman–Crippen MR) is 121 cm³/mol. The number of hydrogen-bond donors (Lipinski definition) is 2. The first-order valence-electron chi connectivity index (χ1n) is 11.9. The standard InChI is InChI=1S/C25H39NO3S/c1-4-5-6-7-8-18-16-25(3)21(11-12-22(25)27)24(2)14-13-17-15-19(30(26,28)29)9-10-20(17)23(18)24/h9-10,15,18,21-23,27H,4-8,11-14,16H2,1-3H3,(H2,26,28,29)/t18-,21?,22-,23?,24-,25-/m0/s1. The molecular formula is C25H39NO3S. The topological polar surface area (TPSA) is 80.4 Å². The van der Waals surface area contributed by atoms with Crippen LogP contribution in [0.3, 0.4) is 0 Å². The number of rotatable bonds is 6. The van der Waals surface area contributed by atoms with Crippen LogP contribution in [0.4, 0.5) is 0 Å². The molecule has 1 aromatic carbocycles. The first-order chi connectivity index (χ1) is 14.1. The third kappa shape index (κ3) is 3.55. The van der Waals surface area contributed by atoms with Crippen LogP contribution >= 0.6 is 0 Å². The third-order valence-corrected chi connectivity index (χ3v) is 10.0.